The second-order valence-electron chi connectivity index (χ2n) is 16.3. The van der Waals surface area contributed by atoms with Crippen molar-refractivity contribution < 1.29 is 37.8 Å². The molecular weight excluding hydrogens is 650 g/mol. The van der Waals surface area contributed by atoms with Crippen molar-refractivity contribution in [1.29, 1.82) is 0 Å². The number of sulfone groups is 1. The molecule has 0 bridgehead atoms. The molecule has 0 aromatic heterocycles. The third-order valence-corrected chi connectivity index (χ3v) is 13.8. The van der Waals surface area contributed by atoms with Crippen LogP contribution >= 0.6 is 0 Å². The van der Waals surface area contributed by atoms with E-state index in [9.17, 15) is 33.0 Å². The molecule has 8 unspecified atom stereocenters. The predicted octanol–water partition coefficient (Wildman–Crippen LogP) is 1.83. The molecule has 4 rings (SSSR count). The fourth-order valence-electron chi connectivity index (χ4n) is 8.60. The van der Waals surface area contributed by atoms with Gasteiger partial charge in [-0.3, -0.25) is 19.8 Å². The number of hydrogen-bond donors (Lipinski definition) is 6. The third kappa shape index (κ3) is 8.69. The van der Waals surface area contributed by atoms with Gasteiger partial charge in [-0.1, -0.05) is 79.7 Å². The van der Waals surface area contributed by atoms with Crippen LogP contribution in [0.3, 0.4) is 0 Å². The minimum Gasteiger partial charge on any atom is -0.379 e. The van der Waals surface area contributed by atoms with Gasteiger partial charge in [-0.05, 0) is 41.9 Å². The van der Waals surface area contributed by atoms with Gasteiger partial charge in [0, 0.05) is 13.1 Å². The number of rotatable bonds is 15. The molecule has 280 valence electrons. The van der Waals surface area contributed by atoms with Gasteiger partial charge in [0.05, 0.1) is 42.6 Å². The molecule has 14 heteroatoms. The van der Waals surface area contributed by atoms with Crippen molar-refractivity contribution in [3.8, 4) is 0 Å². The molecule has 2 heterocycles. The van der Waals surface area contributed by atoms with Gasteiger partial charge < -0.3 is 30.9 Å². The summed E-state index contributed by atoms with van der Waals surface area (Å²) in [6, 6.07) is -2.90. The highest BCUT2D eigenvalue weighted by atomic mass is 32.2. The zero-order valence-corrected chi connectivity index (χ0v) is 31.1. The van der Waals surface area contributed by atoms with Crippen LogP contribution in [0.1, 0.15) is 92.9 Å². The number of fused-ring (bicyclic) bond motifs is 1. The lowest BCUT2D eigenvalue weighted by Crippen LogP contribution is -2.68. The van der Waals surface area contributed by atoms with Crippen LogP contribution in [0.4, 0.5) is 4.79 Å². The highest BCUT2D eigenvalue weighted by Gasteiger charge is 2.69. The summed E-state index contributed by atoms with van der Waals surface area (Å²) in [6.45, 7) is 16.3. The van der Waals surface area contributed by atoms with Gasteiger partial charge in [0.1, 0.15) is 17.7 Å². The molecule has 6 N–H and O–H groups in total. The molecule has 0 aromatic rings. The number of nitrogens with one attached hydrogen (secondary N) is 4. The lowest BCUT2D eigenvalue weighted by atomic mass is 9.79. The van der Waals surface area contributed by atoms with E-state index >= 15 is 0 Å². The fraction of sp³-hybridized carbons (Fsp3) is 0.857. The van der Waals surface area contributed by atoms with E-state index in [-0.39, 0.29) is 42.8 Å². The number of ether oxygens (including phenoxy) is 1. The molecule has 8 atom stereocenters. The van der Waals surface area contributed by atoms with Gasteiger partial charge in [-0.2, -0.15) is 0 Å². The van der Waals surface area contributed by atoms with E-state index in [0.717, 1.165) is 25.7 Å². The Morgan fingerprint density at radius 2 is 1.80 bits per heavy atom. The number of amides is 3. The molecule has 3 amide bonds. The average Bonchev–Trinajstić information content (AvgIpc) is 3.33. The van der Waals surface area contributed by atoms with Crippen LogP contribution in [0, 0.1) is 22.7 Å². The molecule has 2 saturated heterocycles. The average molecular weight is 712 g/mol. The molecule has 2 saturated carbocycles. The minimum absolute atomic E-state index is 0.00219. The number of nitrogens with zero attached hydrogens (tertiary/aromatic N) is 1. The van der Waals surface area contributed by atoms with E-state index in [4.69, 9.17) is 4.74 Å². The van der Waals surface area contributed by atoms with E-state index in [2.05, 4.69) is 41.7 Å². The Balaban J connectivity index is 1.55. The Morgan fingerprint density at radius 3 is 2.39 bits per heavy atom. The molecule has 0 radical (unpaired) electrons. The summed E-state index contributed by atoms with van der Waals surface area (Å²) in [5.74, 6) is -1.33. The number of urea groups is 1. The standard InChI is InChI=1S/C35H61N5O8S/c1-8-10-14-23(27(41)30(43)36-17-9-2)37-29(42)26-25-22(34(25,6)7)20-40(26)31(44)28(33(3,4)5)38-32(45)39-35(15-12-11-13-16-35)24-21-48-18-19-49(24,46)47/h9,22-26,28-29,31,37,42,44H,2,8,10-21H2,1,3-7H3,(H,36,43)(H2,38,39,45). The molecule has 4 aliphatic rings. The van der Waals surface area contributed by atoms with E-state index in [0.29, 0.717) is 32.2 Å². The molecule has 0 aromatic carbocycles. The Morgan fingerprint density at radius 1 is 1.12 bits per heavy atom. The summed E-state index contributed by atoms with van der Waals surface area (Å²) in [5.41, 5.74) is -1.74. The zero-order valence-electron chi connectivity index (χ0n) is 30.3. The van der Waals surface area contributed by atoms with E-state index < -0.39 is 74.3 Å². The molecule has 4 fully saturated rings. The summed E-state index contributed by atoms with van der Waals surface area (Å²) >= 11 is 0. The van der Waals surface area contributed by atoms with E-state index in [1.165, 1.54) is 6.08 Å². The smallest absolute Gasteiger partial charge is 0.315 e. The first kappa shape index (κ1) is 39.7. The van der Waals surface area contributed by atoms with Crippen molar-refractivity contribution in [2.24, 2.45) is 22.7 Å². The van der Waals surface area contributed by atoms with Gasteiger partial charge in [-0.15, -0.1) is 6.58 Å². The Labute approximate surface area is 292 Å². The highest BCUT2D eigenvalue weighted by molar-refractivity contribution is 7.92. The number of Topliss-reactive ketones (excluding diaryl/α,β-unsaturated/α-hetero) is 1. The van der Waals surface area contributed by atoms with Crippen molar-refractivity contribution in [2.75, 3.05) is 32.1 Å². The minimum atomic E-state index is -3.49. The van der Waals surface area contributed by atoms with Crippen LogP contribution in [-0.2, 0) is 24.2 Å². The third-order valence-electron chi connectivity index (χ3n) is 11.6. The van der Waals surface area contributed by atoms with Gasteiger partial charge >= 0.3 is 6.03 Å². The number of likely N-dealkylation sites (tertiary alicyclic amines) is 1. The largest absolute Gasteiger partial charge is 0.379 e. The number of aliphatic hydroxyl groups excluding tert-OH is 2. The monoisotopic (exact) mass is 711 g/mol. The van der Waals surface area contributed by atoms with Crippen molar-refractivity contribution in [1.82, 2.24) is 26.2 Å². The number of ketones is 1. The van der Waals surface area contributed by atoms with Crippen LogP contribution in [0.15, 0.2) is 12.7 Å². The number of hydrogen-bond acceptors (Lipinski definition) is 10. The number of piperidine rings is 1. The lowest BCUT2D eigenvalue weighted by molar-refractivity contribution is -0.140. The molecule has 13 nitrogen and oxygen atoms in total. The van der Waals surface area contributed by atoms with Gasteiger partial charge in [0.25, 0.3) is 5.91 Å². The van der Waals surface area contributed by atoms with Crippen molar-refractivity contribution in [3.63, 3.8) is 0 Å². The second-order valence-corrected chi connectivity index (χ2v) is 18.6. The summed E-state index contributed by atoms with van der Waals surface area (Å²) in [7, 11) is -3.49. The number of unbranched alkanes of at least 4 members (excludes halogenated alkanes) is 1. The highest BCUT2D eigenvalue weighted by Crippen LogP contribution is 2.65. The summed E-state index contributed by atoms with van der Waals surface area (Å²) in [5, 5.41) is 34.6. The van der Waals surface area contributed by atoms with Crippen LogP contribution < -0.4 is 21.3 Å². The lowest BCUT2D eigenvalue weighted by Gasteiger charge is -2.47. The van der Waals surface area contributed by atoms with E-state index in [1.54, 1.807) is 0 Å². The van der Waals surface area contributed by atoms with Crippen LogP contribution in [0.25, 0.3) is 0 Å². The molecule has 2 aliphatic heterocycles. The number of aliphatic hydroxyl groups is 2. The predicted molar refractivity (Wildman–Crippen MR) is 187 cm³/mol. The SMILES string of the molecule is C=CCNC(=O)C(=O)C(CCCC)NC(O)C1C2C(CN1C(O)C(NC(=O)NC1(C3COCCS3(=O)=O)CCCCC1)C(C)(C)C)C2(C)C. The number of carbonyl (C=O) groups is 3. The second kappa shape index (κ2) is 15.6. The number of carbonyl (C=O) groups excluding carboxylic acids is 3. The van der Waals surface area contributed by atoms with Gasteiger partial charge in [0.15, 0.2) is 9.84 Å². The van der Waals surface area contributed by atoms with Gasteiger partial charge in [0.2, 0.25) is 5.78 Å². The Hall–Kier alpha value is -2.10. The van der Waals surface area contributed by atoms with Crippen LogP contribution in [0.5, 0.6) is 0 Å². The molecule has 0 spiro atoms. The maximum Gasteiger partial charge on any atom is 0.315 e. The van der Waals surface area contributed by atoms with Crippen molar-refractivity contribution in [2.45, 2.75) is 134 Å². The Bertz CT molecular complexity index is 1310. The quantitative estimate of drug-likeness (QED) is 0.0832. The van der Waals surface area contributed by atoms with Gasteiger partial charge in [-0.25, -0.2) is 13.2 Å². The van der Waals surface area contributed by atoms with Crippen molar-refractivity contribution >= 4 is 27.6 Å². The first-order valence-electron chi connectivity index (χ1n) is 18.1. The topological polar surface area (TPSA) is 186 Å². The zero-order chi connectivity index (χ0) is 36.4. The summed E-state index contributed by atoms with van der Waals surface area (Å²) in [4.78, 5) is 41.4. The molecule has 2 aliphatic carbocycles. The summed E-state index contributed by atoms with van der Waals surface area (Å²) in [6.07, 6.45) is 4.40. The van der Waals surface area contributed by atoms with Crippen LogP contribution in [0.2, 0.25) is 0 Å². The molecule has 49 heavy (non-hydrogen) atoms. The molecular formula is C35H61N5O8S. The maximum absolute atomic E-state index is 13.9. The first-order chi connectivity index (χ1) is 22.9. The summed E-state index contributed by atoms with van der Waals surface area (Å²) < 4.78 is 32.0. The van der Waals surface area contributed by atoms with E-state index in [1.807, 2.05) is 32.6 Å². The normalized spacial score (nSPS) is 29.8. The fourth-order valence-corrected chi connectivity index (χ4v) is 10.5. The first-order valence-corrected chi connectivity index (χ1v) is 19.8. The van der Waals surface area contributed by atoms with Crippen molar-refractivity contribution in [3.05, 3.63) is 12.7 Å². The maximum atomic E-state index is 13.9. The Kier molecular flexibility index (Phi) is 12.7. The van der Waals surface area contributed by atoms with Crippen LogP contribution in [-0.4, -0.2) is 115 Å².